The third-order valence-corrected chi connectivity index (χ3v) is 2.44. The van der Waals surface area contributed by atoms with Gasteiger partial charge in [0.05, 0.1) is 0 Å². The standard InChI is InChI=1S/C11H10N4/c1-5-12-10(13-6-1)11-14-7-4-9(15-11)8-2-3-8/h1,4-8H,2-3H2. The second-order valence-electron chi connectivity index (χ2n) is 3.65. The summed E-state index contributed by atoms with van der Waals surface area (Å²) in [6.45, 7) is 0. The van der Waals surface area contributed by atoms with Crippen molar-refractivity contribution in [1.82, 2.24) is 19.9 Å². The lowest BCUT2D eigenvalue weighted by Gasteiger charge is -2.00. The summed E-state index contributed by atoms with van der Waals surface area (Å²) in [5.74, 6) is 1.86. The van der Waals surface area contributed by atoms with Crippen molar-refractivity contribution in [2.75, 3.05) is 0 Å². The molecule has 1 aliphatic rings. The molecule has 0 atom stereocenters. The van der Waals surface area contributed by atoms with Gasteiger partial charge in [-0.2, -0.15) is 0 Å². The molecule has 1 fully saturated rings. The molecule has 74 valence electrons. The Kier molecular flexibility index (Phi) is 1.91. The molecule has 2 aromatic rings. The Morgan fingerprint density at radius 3 is 2.40 bits per heavy atom. The first-order valence-corrected chi connectivity index (χ1v) is 5.04. The molecule has 0 spiro atoms. The van der Waals surface area contributed by atoms with Gasteiger partial charge in [0.1, 0.15) is 0 Å². The number of hydrogen-bond donors (Lipinski definition) is 0. The van der Waals surface area contributed by atoms with Crippen LogP contribution in [0.15, 0.2) is 30.7 Å². The van der Waals surface area contributed by atoms with E-state index in [-0.39, 0.29) is 0 Å². The predicted octanol–water partition coefficient (Wildman–Crippen LogP) is 1.81. The first-order chi connectivity index (χ1) is 7.43. The summed E-state index contributed by atoms with van der Waals surface area (Å²) in [5.41, 5.74) is 1.12. The zero-order chi connectivity index (χ0) is 10.1. The smallest absolute Gasteiger partial charge is 0.197 e. The molecule has 0 radical (unpaired) electrons. The maximum absolute atomic E-state index is 4.47. The van der Waals surface area contributed by atoms with Gasteiger partial charge in [0.2, 0.25) is 0 Å². The predicted molar refractivity (Wildman–Crippen MR) is 55.0 cm³/mol. The highest BCUT2D eigenvalue weighted by Crippen LogP contribution is 2.38. The summed E-state index contributed by atoms with van der Waals surface area (Å²) in [6, 6.07) is 3.76. The molecule has 4 heteroatoms. The Morgan fingerprint density at radius 2 is 1.67 bits per heavy atom. The van der Waals surface area contributed by atoms with Gasteiger partial charge in [0.15, 0.2) is 11.6 Å². The zero-order valence-corrected chi connectivity index (χ0v) is 8.17. The van der Waals surface area contributed by atoms with E-state index in [0.717, 1.165) is 5.69 Å². The third kappa shape index (κ3) is 1.70. The summed E-state index contributed by atoms with van der Waals surface area (Å²) in [5, 5.41) is 0. The van der Waals surface area contributed by atoms with Gasteiger partial charge in [-0.15, -0.1) is 0 Å². The largest absolute Gasteiger partial charge is 0.234 e. The van der Waals surface area contributed by atoms with E-state index in [2.05, 4.69) is 19.9 Å². The van der Waals surface area contributed by atoms with Crippen LogP contribution in [0.4, 0.5) is 0 Å². The molecule has 0 aliphatic heterocycles. The fourth-order valence-electron chi connectivity index (χ4n) is 1.50. The third-order valence-electron chi connectivity index (χ3n) is 2.44. The van der Waals surface area contributed by atoms with Crippen LogP contribution in [0.25, 0.3) is 11.6 Å². The summed E-state index contributed by atoms with van der Waals surface area (Å²) in [7, 11) is 0. The average molecular weight is 198 g/mol. The van der Waals surface area contributed by atoms with Crippen molar-refractivity contribution < 1.29 is 0 Å². The minimum Gasteiger partial charge on any atom is -0.234 e. The van der Waals surface area contributed by atoms with Gasteiger partial charge in [0.25, 0.3) is 0 Å². The number of hydrogen-bond acceptors (Lipinski definition) is 4. The highest BCUT2D eigenvalue weighted by atomic mass is 15.0. The summed E-state index contributed by atoms with van der Waals surface area (Å²) in [4.78, 5) is 16.9. The van der Waals surface area contributed by atoms with Crippen molar-refractivity contribution >= 4 is 0 Å². The molecule has 1 aliphatic carbocycles. The molecule has 0 N–H and O–H groups in total. The molecular weight excluding hydrogens is 188 g/mol. The van der Waals surface area contributed by atoms with E-state index in [9.17, 15) is 0 Å². The van der Waals surface area contributed by atoms with Crippen molar-refractivity contribution in [3.05, 3.63) is 36.4 Å². The van der Waals surface area contributed by atoms with Crippen LogP contribution in [0.2, 0.25) is 0 Å². The van der Waals surface area contributed by atoms with E-state index in [1.807, 2.05) is 6.07 Å². The normalized spacial score (nSPS) is 15.2. The van der Waals surface area contributed by atoms with Gasteiger partial charge >= 0.3 is 0 Å². The van der Waals surface area contributed by atoms with Crippen LogP contribution < -0.4 is 0 Å². The molecule has 2 heterocycles. The average Bonchev–Trinajstić information content (AvgIpc) is 3.14. The Balaban J connectivity index is 2.01. The highest BCUT2D eigenvalue weighted by molar-refractivity contribution is 5.42. The number of nitrogens with zero attached hydrogens (tertiary/aromatic N) is 4. The van der Waals surface area contributed by atoms with Gasteiger partial charge in [-0.25, -0.2) is 19.9 Å². The van der Waals surface area contributed by atoms with E-state index < -0.39 is 0 Å². The fourth-order valence-corrected chi connectivity index (χ4v) is 1.50. The van der Waals surface area contributed by atoms with E-state index in [4.69, 9.17) is 0 Å². The van der Waals surface area contributed by atoms with E-state index in [0.29, 0.717) is 17.6 Å². The fraction of sp³-hybridized carbons (Fsp3) is 0.273. The monoisotopic (exact) mass is 198 g/mol. The summed E-state index contributed by atoms with van der Waals surface area (Å²) < 4.78 is 0. The number of rotatable bonds is 2. The maximum Gasteiger partial charge on any atom is 0.197 e. The highest BCUT2D eigenvalue weighted by Gasteiger charge is 2.25. The minimum absolute atomic E-state index is 0.597. The Bertz CT molecular complexity index is 465. The Labute approximate surface area is 87.5 Å². The SMILES string of the molecule is c1cnc(-c2nccc(C3CC3)n2)nc1. The Hall–Kier alpha value is -1.84. The van der Waals surface area contributed by atoms with Crippen molar-refractivity contribution in [2.24, 2.45) is 0 Å². The topological polar surface area (TPSA) is 51.6 Å². The molecule has 2 aromatic heterocycles. The van der Waals surface area contributed by atoms with Crippen LogP contribution in [0.3, 0.4) is 0 Å². The minimum atomic E-state index is 0.597. The van der Waals surface area contributed by atoms with Crippen molar-refractivity contribution in [3.63, 3.8) is 0 Å². The molecular formula is C11H10N4. The van der Waals surface area contributed by atoms with Crippen LogP contribution in [0.5, 0.6) is 0 Å². The van der Waals surface area contributed by atoms with Crippen LogP contribution in [0.1, 0.15) is 24.5 Å². The van der Waals surface area contributed by atoms with Gasteiger partial charge in [-0.3, -0.25) is 0 Å². The molecule has 3 rings (SSSR count). The second-order valence-corrected chi connectivity index (χ2v) is 3.65. The van der Waals surface area contributed by atoms with Gasteiger partial charge in [-0.1, -0.05) is 0 Å². The molecule has 0 bridgehead atoms. The maximum atomic E-state index is 4.47. The number of aromatic nitrogens is 4. The molecule has 0 amide bonds. The second kappa shape index (κ2) is 3.38. The summed E-state index contributed by atoms with van der Waals surface area (Å²) >= 11 is 0. The molecule has 0 unspecified atom stereocenters. The molecule has 1 saturated carbocycles. The van der Waals surface area contributed by atoms with Gasteiger partial charge in [-0.05, 0) is 25.0 Å². The molecule has 0 aromatic carbocycles. The van der Waals surface area contributed by atoms with Crippen LogP contribution in [-0.4, -0.2) is 19.9 Å². The zero-order valence-electron chi connectivity index (χ0n) is 8.17. The molecule has 15 heavy (non-hydrogen) atoms. The Morgan fingerprint density at radius 1 is 0.933 bits per heavy atom. The first-order valence-electron chi connectivity index (χ1n) is 5.04. The lowest BCUT2D eigenvalue weighted by atomic mass is 10.3. The van der Waals surface area contributed by atoms with Crippen LogP contribution in [-0.2, 0) is 0 Å². The van der Waals surface area contributed by atoms with Crippen molar-refractivity contribution in [2.45, 2.75) is 18.8 Å². The lowest BCUT2D eigenvalue weighted by molar-refractivity contribution is 0.974. The van der Waals surface area contributed by atoms with Crippen LogP contribution in [0, 0.1) is 0 Å². The van der Waals surface area contributed by atoms with E-state index >= 15 is 0 Å². The lowest BCUT2D eigenvalue weighted by Crippen LogP contribution is -1.96. The molecule has 4 nitrogen and oxygen atoms in total. The van der Waals surface area contributed by atoms with Gasteiger partial charge in [0, 0.05) is 30.2 Å². The first kappa shape index (κ1) is 8.47. The van der Waals surface area contributed by atoms with Gasteiger partial charge < -0.3 is 0 Å². The van der Waals surface area contributed by atoms with Crippen molar-refractivity contribution in [1.29, 1.82) is 0 Å². The molecule has 0 saturated heterocycles. The summed E-state index contributed by atoms with van der Waals surface area (Å²) in [6.07, 6.45) is 7.68. The van der Waals surface area contributed by atoms with E-state index in [1.54, 1.807) is 24.7 Å². The van der Waals surface area contributed by atoms with Crippen molar-refractivity contribution in [3.8, 4) is 11.6 Å². The quantitative estimate of drug-likeness (QED) is 0.738. The van der Waals surface area contributed by atoms with E-state index in [1.165, 1.54) is 12.8 Å². The van der Waals surface area contributed by atoms with Crippen LogP contribution >= 0.6 is 0 Å².